The van der Waals surface area contributed by atoms with E-state index in [0.717, 1.165) is 35.5 Å². The van der Waals surface area contributed by atoms with Crippen molar-refractivity contribution >= 4 is 0 Å². The van der Waals surface area contributed by atoms with E-state index < -0.39 is 0 Å². The number of fused-ring (bicyclic) bond motifs is 1. The molecule has 0 aromatic carbocycles. The summed E-state index contributed by atoms with van der Waals surface area (Å²) in [6.45, 7) is 9.97. The van der Waals surface area contributed by atoms with E-state index in [0.29, 0.717) is 0 Å². The van der Waals surface area contributed by atoms with Gasteiger partial charge in [0.15, 0.2) is 0 Å². The van der Waals surface area contributed by atoms with Crippen molar-refractivity contribution in [2.75, 3.05) is 0 Å². The van der Waals surface area contributed by atoms with E-state index >= 15 is 0 Å². The summed E-state index contributed by atoms with van der Waals surface area (Å²) in [5, 5.41) is 0. The SMILES string of the molecule is CC1CC2CCCC2C(C)C(C)C1C. The first-order valence-corrected chi connectivity index (χ1v) is 6.61. The molecule has 0 aliphatic heterocycles. The zero-order valence-electron chi connectivity index (χ0n) is 10.3. The second kappa shape index (κ2) is 3.87. The van der Waals surface area contributed by atoms with Gasteiger partial charge in [-0.05, 0) is 48.3 Å². The molecular formula is C14H26. The van der Waals surface area contributed by atoms with Crippen LogP contribution in [0.3, 0.4) is 0 Å². The quantitative estimate of drug-likeness (QED) is 0.538. The largest absolute Gasteiger partial charge is 0.0622 e. The molecule has 2 aliphatic rings. The summed E-state index contributed by atoms with van der Waals surface area (Å²) in [7, 11) is 0. The summed E-state index contributed by atoms with van der Waals surface area (Å²) in [6, 6.07) is 0. The van der Waals surface area contributed by atoms with Crippen LogP contribution < -0.4 is 0 Å². The van der Waals surface area contributed by atoms with E-state index in [1.54, 1.807) is 0 Å². The fourth-order valence-electron chi connectivity index (χ4n) is 4.13. The topological polar surface area (TPSA) is 0 Å². The standard InChI is InChI=1S/C14H26/c1-9-8-13-6-5-7-14(13)12(4)11(3)10(9)2/h9-14H,5-8H2,1-4H3. The Labute approximate surface area is 89.5 Å². The highest BCUT2D eigenvalue weighted by molar-refractivity contribution is 4.90. The van der Waals surface area contributed by atoms with Gasteiger partial charge in [-0.25, -0.2) is 0 Å². The van der Waals surface area contributed by atoms with E-state index in [1.165, 1.54) is 25.7 Å². The van der Waals surface area contributed by atoms with Gasteiger partial charge in [0.1, 0.15) is 0 Å². The monoisotopic (exact) mass is 194 g/mol. The normalized spacial score (nSPS) is 54.0. The maximum absolute atomic E-state index is 2.52. The Balaban J connectivity index is 2.17. The van der Waals surface area contributed by atoms with Crippen LogP contribution in [0.25, 0.3) is 0 Å². The average molecular weight is 194 g/mol. The Morgan fingerprint density at radius 1 is 0.786 bits per heavy atom. The van der Waals surface area contributed by atoms with E-state index in [2.05, 4.69) is 27.7 Å². The number of hydrogen-bond donors (Lipinski definition) is 0. The van der Waals surface area contributed by atoms with E-state index in [9.17, 15) is 0 Å². The molecule has 2 fully saturated rings. The molecule has 0 saturated heterocycles. The van der Waals surface area contributed by atoms with Crippen molar-refractivity contribution in [3.8, 4) is 0 Å². The van der Waals surface area contributed by atoms with Crippen molar-refractivity contribution in [3.63, 3.8) is 0 Å². The molecule has 0 aromatic rings. The molecule has 2 rings (SSSR count). The molecule has 6 unspecified atom stereocenters. The van der Waals surface area contributed by atoms with Gasteiger partial charge in [0.05, 0.1) is 0 Å². The third-order valence-corrected chi connectivity index (χ3v) is 5.62. The summed E-state index contributed by atoms with van der Waals surface area (Å²) >= 11 is 0. The second-order valence-corrected chi connectivity index (χ2v) is 6.15. The lowest BCUT2D eigenvalue weighted by atomic mass is 9.76. The molecule has 82 valence electrons. The van der Waals surface area contributed by atoms with Gasteiger partial charge in [-0.15, -0.1) is 0 Å². The third-order valence-electron chi connectivity index (χ3n) is 5.62. The lowest BCUT2D eigenvalue weighted by molar-refractivity contribution is 0.194. The lowest BCUT2D eigenvalue weighted by Crippen LogP contribution is -2.23. The van der Waals surface area contributed by atoms with Gasteiger partial charge in [0.25, 0.3) is 0 Å². The Bertz CT molecular complexity index is 196. The number of rotatable bonds is 0. The Morgan fingerprint density at radius 3 is 2.21 bits per heavy atom. The van der Waals surface area contributed by atoms with Crippen molar-refractivity contribution in [1.29, 1.82) is 0 Å². The van der Waals surface area contributed by atoms with Crippen molar-refractivity contribution in [2.24, 2.45) is 35.5 Å². The smallest absolute Gasteiger partial charge is 0.0357 e. The highest BCUT2D eigenvalue weighted by Crippen LogP contribution is 2.49. The predicted molar refractivity (Wildman–Crippen MR) is 62.1 cm³/mol. The Morgan fingerprint density at radius 2 is 1.50 bits per heavy atom. The second-order valence-electron chi connectivity index (χ2n) is 6.15. The van der Waals surface area contributed by atoms with Gasteiger partial charge < -0.3 is 0 Å². The van der Waals surface area contributed by atoms with Crippen LogP contribution in [0.2, 0.25) is 0 Å². The molecule has 0 spiro atoms. The Kier molecular flexibility index (Phi) is 2.91. The maximum Gasteiger partial charge on any atom is -0.0357 e. The van der Waals surface area contributed by atoms with Crippen molar-refractivity contribution in [2.45, 2.75) is 53.4 Å². The van der Waals surface area contributed by atoms with Gasteiger partial charge in [-0.3, -0.25) is 0 Å². The van der Waals surface area contributed by atoms with Crippen LogP contribution in [-0.2, 0) is 0 Å². The number of hydrogen-bond acceptors (Lipinski definition) is 0. The third kappa shape index (κ3) is 1.61. The first kappa shape index (κ1) is 10.5. The molecule has 0 amide bonds. The van der Waals surface area contributed by atoms with Crippen LogP contribution in [-0.4, -0.2) is 0 Å². The summed E-state index contributed by atoms with van der Waals surface area (Å²) in [6.07, 6.45) is 6.07. The van der Waals surface area contributed by atoms with Crippen LogP contribution >= 0.6 is 0 Å². The summed E-state index contributed by atoms with van der Waals surface area (Å²) in [4.78, 5) is 0. The molecule has 0 aromatic heterocycles. The molecule has 0 N–H and O–H groups in total. The molecule has 0 radical (unpaired) electrons. The molecule has 6 atom stereocenters. The van der Waals surface area contributed by atoms with E-state index in [-0.39, 0.29) is 0 Å². The lowest BCUT2D eigenvalue weighted by Gasteiger charge is -2.29. The van der Waals surface area contributed by atoms with Crippen molar-refractivity contribution in [1.82, 2.24) is 0 Å². The van der Waals surface area contributed by atoms with E-state index in [4.69, 9.17) is 0 Å². The molecule has 0 heterocycles. The van der Waals surface area contributed by atoms with Gasteiger partial charge in [-0.1, -0.05) is 40.5 Å². The van der Waals surface area contributed by atoms with E-state index in [1.807, 2.05) is 0 Å². The zero-order chi connectivity index (χ0) is 10.3. The molecule has 14 heavy (non-hydrogen) atoms. The van der Waals surface area contributed by atoms with Crippen LogP contribution in [0.5, 0.6) is 0 Å². The van der Waals surface area contributed by atoms with Crippen LogP contribution in [0.1, 0.15) is 53.4 Å². The predicted octanol–water partition coefficient (Wildman–Crippen LogP) is 4.35. The molecule has 2 saturated carbocycles. The first-order chi connectivity index (χ1) is 6.61. The van der Waals surface area contributed by atoms with Crippen molar-refractivity contribution in [3.05, 3.63) is 0 Å². The molecule has 0 heteroatoms. The van der Waals surface area contributed by atoms with Crippen LogP contribution in [0, 0.1) is 35.5 Å². The summed E-state index contributed by atoms with van der Waals surface area (Å²) in [5.74, 6) is 5.96. The van der Waals surface area contributed by atoms with Gasteiger partial charge in [-0.2, -0.15) is 0 Å². The van der Waals surface area contributed by atoms with Crippen LogP contribution in [0.4, 0.5) is 0 Å². The molecular weight excluding hydrogens is 168 g/mol. The van der Waals surface area contributed by atoms with Gasteiger partial charge in [0, 0.05) is 0 Å². The highest BCUT2D eigenvalue weighted by Gasteiger charge is 2.40. The molecule has 0 bridgehead atoms. The minimum atomic E-state index is 0.940. The van der Waals surface area contributed by atoms with Gasteiger partial charge in [0.2, 0.25) is 0 Å². The minimum absolute atomic E-state index is 0.940. The van der Waals surface area contributed by atoms with Gasteiger partial charge >= 0.3 is 0 Å². The molecule has 0 nitrogen and oxygen atoms in total. The first-order valence-electron chi connectivity index (χ1n) is 6.61. The zero-order valence-corrected chi connectivity index (χ0v) is 10.3. The van der Waals surface area contributed by atoms with Crippen molar-refractivity contribution < 1.29 is 0 Å². The van der Waals surface area contributed by atoms with Crippen LogP contribution in [0.15, 0.2) is 0 Å². The minimum Gasteiger partial charge on any atom is -0.0622 e. The fourth-order valence-corrected chi connectivity index (χ4v) is 4.13. The maximum atomic E-state index is 2.52. The summed E-state index contributed by atoms with van der Waals surface area (Å²) < 4.78 is 0. The fraction of sp³-hybridized carbons (Fsp3) is 1.00. The molecule has 2 aliphatic carbocycles. The average Bonchev–Trinajstić information content (AvgIpc) is 2.59. The Hall–Kier alpha value is 0. The highest BCUT2D eigenvalue weighted by atomic mass is 14.5. The summed E-state index contributed by atoms with van der Waals surface area (Å²) in [5.41, 5.74) is 0.